The van der Waals surface area contributed by atoms with E-state index in [1.165, 1.54) is 55.6 Å². The number of furan rings is 1. The van der Waals surface area contributed by atoms with Crippen molar-refractivity contribution in [2.45, 2.75) is 19.3 Å². The highest BCUT2D eigenvalue weighted by molar-refractivity contribution is 6.08. The fourth-order valence-corrected chi connectivity index (χ4v) is 8.54. The van der Waals surface area contributed by atoms with E-state index in [1.807, 2.05) is 12.1 Å². The zero-order valence-electron chi connectivity index (χ0n) is 29.8. The van der Waals surface area contributed by atoms with Gasteiger partial charge in [0, 0.05) is 33.1 Å². The molecule has 0 saturated heterocycles. The Labute approximate surface area is 310 Å². The Bertz CT molecular complexity index is 2790. The van der Waals surface area contributed by atoms with E-state index < -0.39 is 0 Å². The highest BCUT2D eigenvalue weighted by atomic mass is 16.3. The average molecular weight is 680 g/mol. The number of anilines is 3. The average Bonchev–Trinajstić information content (AvgIpc) is 3.70. The molecule has 8 aromatic carbocycles. The first-order valence-electron chi connectivity index (χ1n) is 18.4. The lowest BCUT2D eigenvalue weighted by atomic mass is 9.81. The molecule has 1 aliphatic rings. The van der Waals surface area contributed by atoms with Gasteiger partial charge in [-0.15, -0.1) is 0 Å². The van der Waals surface area contributed by atoms with Gasteiger partial charge in [0.2, 0.25) is 0 Å². The Morgan fingerprint density at radius 3 is 1.79 bits per heavy atom. The topological polar surface area (TPSA) is 16.4 Å². The first kappa shape index (κ1) is 31.1. The van der Waals surface area contributed by atoms with Crippen LogP contribution in [0, 0.1) is 0 Å². The van der Waals surface area contributed by atoms with Crippen LogP contribution < -0.4 is 4.90 Å². The summed E-state index contributed by atoms with van der Waals surface area (Å²) in [6, 6.07) is 68.0. The molecular weight excluding hydrogens is 643 g/mol. The Kier molecular flexibility index (Phi) is 7.19. The Balaban J connectivity index is 1.28. The quantitative estimate of drug-likeness (QED) is 0.174. The number of fused-ring (bicyclic) bond motifs is 6. The van der Waals surface area contributed by atoms with Gasteiger partial charge < -0.3 is 9.32 Å². The molecule has 9 aromatic rings. The van der Waals surface area contributed by atoms with Crippen molar-refractivity contribution in [2.75, 3.05) is 4.90 Å². The van der Waals surface area contributed by atoms with Gasteiger partial charge in [-0.3, -0.25) is 0 Å². The van der Waals surface area contributed by atoms with Gasteiger partial charge in [-0.1, -0.05) is 159 Å². The van der Waals surface area contributed by atoms with E-state index in [9.17, 15) is 0 Å². The minimum atomic E-state index is -0.121. The summed E-state index contributed by atoms with van der Waals surface area (Å²) in [5, 5.41) is 2.21. The van der Waals surface area contributed by atoms with E-state index in [0.717, 1.165) is 39.0 Å². The standard InChI is InChI=1S/C51H37NO/c1-51(2)44-23-11-9-20-41(44)49-42(22-13-24-45(49)51)50-39(36-17-7-4-8-18-36)21-14-25-46(50)52(37-29-27-35(28-30-37)34-15-5-3-6-16-34)38-31-32-48-43(33-38)40-19-10-12-26-47(40)53-48/h3-33H,1-2H3. The predicted molar refractivity (Wildman–Crippen MR) is 222 cm³/mol. The number of rotatable bonds is 6. The molecule has 0 fully saturated rings. The zero-order valence-corrected chi connectivity index (χ0v) is 29.8. The highest BCUT2D eigenvalue weighted by Gasteiger charge is 2.37. The Morgan fingerprint density at radius 1 is 0.396 bits per heavy atom. The summed E-state index contributed by atoms with van der Waals surface area (Å²) in [6.07, 6.45) is 0. The van der Waals surface area contributed by atoms with E-state index in [-0.39, 0.29) is 5.41 Å². The van der Waals surface area contributed by atoms with Crippen molar-refractivity contribution in [3.63, 3.8) is 0 Å². The molecule has 53 heavy (non-hydrogen) atoms. The van der Waals surface area contributed by atoms with E-state index in [1.54, 1.807) is 0 Å². The minimum Gasteiger partial charge on any atom is -0.456 e. The van der Waals surface area contributed by atoms with Gasteiger partial charge >= 0.3 is 0 Å². The number of nitrogens with zero attached hydrogens (tertiary/aromatic N) is 1. The van der Waals surface area contributed by atoms with Gasteiger partial charge in [0.25, 0.3) is 0 Å². The molecule has 0 aliphatic heterocycles. The van der Waals surface area contributed by atoms with Crippen LogP contribution in [-0.2, 0) is 5.41 Å². The molecular formula is C51H37NO. The molecule has 1 heterocycles. The van der Waals surface area contributed by atoms with Crippen LogP contribution in [0.4, 0.5) is 17.1 Å². The number of hydrogen-bond donors (Lipinski definition) is 0. The SMILES string of the molecule is CC1(C)c2ccccc2-c2c(-c3c(-c4ccccc4)cccc3N(c3ccc(-c4ccccc4)cc3)c3ccc4oc5ccccc5c4c3)cccc21. The first-order valence-corrected chi connectivity index (χ1v) is 18.4. The van der Waals surface area contributed by atoms with Crippen molar-refractivity contribution in [2.24, 2.45) is 0 Å². The third-order valence-corrected chi connectivity index (χ3v) is 11.1. The van der Waals surface area contributed by atoms with Crippen LogP contribution in [0.2, 0.25) is 0 Å². The maximum absolute atomic E-state index is 6.32. The van der Waals surface area contributed by atoms with E-state index >= 15 is 0 Å². The van der Waals surface area contributed by atoms with Crippen LogP contribution in [0.5, 0.6) is 0 Å². The van der Waals surface area contributed by atoms with E-state index in [0.29, 0.717) is 0 Å². The van der Waals surface area contributed by atoms with E-state index in [2.05, 4.69) is 195 Å². The lowest BCUT2D eigenvalue weighted by Crippen LogP contribution is -2.15. The van der Waals surface area contributed by atoms with E-state index in [4.69, 9.17) is 4.42 Å². The van der Waals surface area contributed by atoms with Crippen molar-refractivity contribution in [3.8, 4) is 44.5 Å². The number of benzene rings is 8. The molecule has 1 aromatic heterocycles. The zero-order chi connectivity index (χ0) is 35.5. The summed E-state index contributed by atoms with van der Waals surface area (Å²) >= 11 is 0. The van der Waals surface area contributed by atoms with Crippen molar-refractivity contribution in [3.05, 3.63) is 199 Å². The second kappa shape index (κ2) is 12.3. The normalized spacial score (nSPS) is 12.9. The molecule has 0 N–H and O–H groups in total. The molecule has 0 saturated carbocycles. The molecule has 10 rings (SSSR count). The van der Waals surface area contributed by atoms with Gasteiger partial charge in [-0.25, -0.2) is 0 Å². The second-order valence-corrected chi connectivity index (χ2v) is 14.5. The van der Waals surface area contributed by atoms with Crippen LogP contribution in [0.15, 0.2) is 192 Å². The van der Waals surface area contributed by atoms with Crippen molar-refractivity contribution < 1.29 is 4.42 Å². The fourth-order valence-electron chi connectivity index (χ4n) is 8.54. The predicted octanol–water partition coefficient (Wildman–Crippen LogP) is 14.4. The van der Waals surface area contributed by atoms with Crippen LogP contribution in [0.1, 0.15) is 25.0 Å². The molecule has 0 bridgehead atoms. The van der Waals surface area contributed by atoms with Crippen LogP contribution >= 0.6 is 0 Å². The monoisotopic (exact) mass is 679 g/mol. The molecule has 2 nitrogen and oxygen atoms in total. The first-order chi connectivity index (χ1) is 26.1. The maximum atomic E-state index is 6.32. The molecule has 1 aliphatic carbocycles. The van der Waals surface area contributed by atoms with Crippen molar-refractivity contribution in [1.82, 2.24) is 0 Å². The summed E-state index contributed by atoms with van der Waals surface area (Å²) in [6.45, 7) is 4.72. The second-order valence-electron chi connectivity index (χ2n) is 14.5. The van der Waals surface area contributed by atoms with Crippen molar-refractivity contribution in [1.29, 1.82) is 0 Å². The van der Waals surface area contributed by atoms with Gasteiger partial charge in [0.1, 0.15) is 11.2 Å². The van der Waals surface area contributed by atoms with Gasteiger partial charge in [0.15, 0.2) is 0 Å². The third-order valence-electron chi connectivity index (χ3n) is 11.1. The van der Waals surface area contributed by atoms with Crippen LogP contribution in [0.3, 0.4) is 0 Å². The molecule has 0 radical (unpaired) electrons. The molecule has 0 atom stereocenters. The summed E-state index contributed by atoms with van der Waals surface area (Å²) < 4.78 is 6.32. The molecule has 2 heteroatoms. The maximum Gasteiger partial charge on any atom is 0.135 e. The highest BCUT2D eigenvalue weighted by Crippen LogP contribution is 2.55. The molecule has 0 spiro atoms. The Morgan fingerprint density at radius 2 is 0.981 bits per heavy atom. The molecule has 252 valence electrons. The summed E-state index contributed by atoms with van der Waals surface area (Å²) in [5.74, 6) is 0. The third kappa shape index (κ3) is 5.02. The summed E-state index contributed by atoms with van der Waals surface area (Å²) in [4.78, 5) is 2.43. The number of hydrogen-bond acceptors (Lipinski definition) is 2. The molecule has 0 amide bonds. The largest absolute Gasteiger partial charge is 0.456 e. The lowest BCUT2D eigenvalue weighted by molar-refractivity contribution is 0.660. The lowest BCUT2D eigenvalue weighted by Gasteiger charge is -2.30. The summed E-state index contributed by atoms with van der Waals surface area (Å²) in [5.41, 5.74) is 17.5. The molecule has 0 unspecified atom stereocenters. The smallest absolute Gasteiger partial charge is 0.135 e. The van der Waals surface area contributed by atoms with Crippen molar-refractivity contribution >= 4 is 39.0 Å². The summed E-state index contributed by atoms with van der Waals surface area (Å²) in [7, 11) is 0. The Hall–Kier alpha value is -6.64. The number of para-hydroxylation sites is 1. The minimum absolute atomic E-state index is 0.121. The van der Waals surface area contributed by atoms with Gasteiger partial charge in [-0.05, 0) is 92.5 Å². The van der Waals surface area contributed by atoms with Gasteiger partial charge in [-0.2, -0.15) is 0 Å². The van der Waals surface area contributed by atoms with Crippen LogP contribution in [-0.4, -0.2) is 0 Å². The van der Waals surface area contributed by atoms with Crippen LogP contribution in [0.25, 0.3) is 66.4 Å². The van der Waals surface area contributed by atoms with Gasteiger partial charge in [0.05, 0.1) is 5.69 Å². The fraction of sp³-hybridized carbons (Fsp3) is 0.0588.